The van der Waals surface area contributed by atoms with Crippen LogP contribution in [0, 0.1) is 0 Å². The quantitative estimate of drug-likeness (QED) is 0.843. The molecule has 1 amide bonds. The average Bonchev–Trinajstić information content (AvgIpc) is 2.74. The molecule has 2 heterocycles. The summed E-state index contributed by atoms with van der Waals surface area (Å²) in [6.45, 7) is 5.29. The third-order valence-corrected chi connectivity index (χ3v) is 3.66. The molecule has 17 heavy (non-hydrogen) atoms. The van der Waals surface area contributed by atoms with E-state index >= 15 is 0 Å². The molecule has 1 aliphatic rings. The molecule has 2 atom stereocenters. The monoisotopic (exact) mass is 301 g/mol. The number of hydrogen-bond donors (Lipinski definition) is 0. The summed E-state index contributed by atoms with van der Waals surface area (Å²) in [5.74, 6) is 0.00706. The number of halogens is 1. The van der Waals surface area contributed by atoms with Gasteiger partial charge in [0.1, 0.15) is 0 Å². The summed E-state index contributed by atoms with van der Waals surface area (Å²) in [5.41, 5.74) is 0.581. The fraction of sp³-hybridized carbons (Fsp3) is 0.583. The van der Waals surface area contributed by atoms with Crippen molar-refractivity contribution in [3.05, 3.63) is 22.6 Å². The standard InChI is InChI=1S/C12H16BrNO3/c1-3-9-7-17-8(2)6-14(9)12(15)10-4-5-16-11(10)13/h4-5,8-9H,3,6-7H2,1-2H3. The van der Waals surface area contributed by atoms with E-state index in [1.165, 1.54) is 6.26 Å². The van der Waals surface area contributed by atoms with Crippen LogP contribution in [-0.4, -0.2) is 36.1 Å². The first-order valence-electron chi connectivity index (χ1n) is 5.79. The number of hydrogen-bond acceptors (Lipinski definition) is 3. The van der Waals surface area contributed by atoms with E-state index in [0.717, 1.165) is 6.42 Å². The second-order valence-corrected chi connectivity index (χ2v) is 4.99. The zero-order chi connectivity index (χ0) is 12.4. The van der Waals surface area contributed by atoms with E-state index in [1.54, 1.807) is 6.07 Å². The van der Waals surface area contributed by atoms with Gasteiger partial charge in [-0.15, -0.1) is 0 Å². The van der Waals surface area contributed by atoms with Crippen molar-refractivity contribution in [2.45, 2.75) is 32.4 Å². The average molecular weight is 302 g/mol. The number of carbonyl (C=O) groups excluding carboxylic acids is 1. The third kappa shape index (κ3) is 2.55. The van der Waals surface area contributed by atoms with Gasteiger partial charge in [-0.1, -0.05) is 6.92 Å². The van der Waals surface area contributed by atoms with Crippen molar-refractivity contribution in [3.8, 4) is 0 Å². The zero-order valence-electron chi connectivity index (χ0n) is 9.98. The summed E-state index contributed by atoms with van der Waals surface area (Å²) >= 11 is 3.25. The Bertz CT molecular complexity index is 404. The van der Waals surface area contributed by atoms with Crippen LogP contribution in [0.4, 0.5) is 0 Å². The lowest BCUT2D eigenvalue weighted by atomic mass is 10.1. The minimum absolute atomic E-state index is 0.00706. The molecule has 0 spiro atoms. The molecule has 0 saturated carbocycles. The first-order chi connectivity index (χ1) is 8.13. The molecular weight excluding hydrogens is 286 g/mol. The largest absolute Gasteiger partial charge is 0.457 e. The molecule has 0 radical (unpaired) electrons. The minimum Gasteiger partial charge on any atom is -0.457 e. The molecule has 5 heteroatoms. The molecular formula is C12H16BrNO3. The predicted octanol–water partition coefficient (Wildman–Crippen LogP) is 2.68. The van der Waals surface area contributed by atoms with Crippen LogP contribution >= 0.6 is 15.9 Å². The molecule has 0 aliphatic carbocycles. The Morgan fingerprint density at radius 3 is 3.00 bits per heavy atom. The lowest BCUT2D eigenvalue weighted by Crippen LogP contribution is -2.51. The summed E-state index contributed by atoms with van der Waals surface area (Å²) < 4.78 is 11.2. The van der Waals surface area contributed by atoms with E-state index in [0.29, 0.717) is 23.4 Å². The molecule has 2 rings (SSSR count). The molecule has 0 bridgehead atoms. The normalized spacial score (nSPS) is 25.0. The first-order valence-corrected chi connectivity index (χ1v) is 6.58. The maximum absolute atomic E-state index is 12.4. The fourth-order valence-electron chi connectivity index (χ4n) is 2.03. The Kier molecular flexibility index (Phi) is 3.89. The Morgan fingerprint density at radius 1 is 1.65 bits per heavy atom. The molecule has 1 aliphatic heterocycles. The van der Waals surface area contributed by atoms with Crippen molar-refractivity contribution in [3.63, 3.8) is 0 Å². The number of carbonyl (C=O) groups is 1. The first kappa shape index (κ1) is 12.6. The molecule has 1 aromatic rings. The highest BCUT2D eigenvalue weighted by Gasteiger charge is 2.31. The smallest absolute Gasteiger partial charge is 0.258 e. The predicted molar refractivity (Wildman–Crippen MR) is 66.9 cm³/mol. The number of furan rings is 1. The topological polar surface area (TPSA) is 42.7 Å². The van der Waals surface area contributed by atoms with Gasteiger partial charge in [-0.05, 0) is 35.3 Å². The second-order valence-electron chi connectivity index (χ2n) is 4.27. The highest BCUT2D eigenvalue weighted by atomic mass is 79.9. The van der Waals surface area contributed by atoms with Gasteiger partial charge in [0, 0.05) is 6.54 Å². The van der Waals surface area contributed by atoms with Crippen molar-refractivity contribution in [2.75, 3.05) is 13.2 Å². The lowest BCUT2D eigenvalue weighted by molar-refractivity contribution is -0.0444. The van der Waals surface area contributed by atoms with Crippen LogP contribution in [0.5, 0.6) is 0 Å². The molecule has 1 aromatic heterocycles. The van der Waals surface area contributed by atoms with E-state index in [-0.39, 0.29) is 18.1 Å². The molecule has 0 N–H and O–H groups in total. The van der Waals surface area contributed by atoms with Gasteiger partial charge in [0.05, 0.1) is 30.6 Å². The van der Waals surface area contributed by atoms with Crippen LogP contribution in [0.25, 0.3) is 0 Å². The Hall–Kier alpha value is -0.810. The van der Waals surface area contributed by atoms with Gasteiger partial charge in [0.25, 0.3) is 5.91 Å². The van der Waals surface area contributed by atoms with Gasteiger partial charge in [0.15, 0.2) is 4.67 Å². The van der Waals surface area contributed by atoms with E-state index in [4.69, 9.17) is 9.15 Å². The fourth-order valence-corrected chi connectivity index (χ4v) is 2.44. The van der Waals surface area contributed by atoms with Crippen LogP contribution in [0.3, 0.4) is 0 Å². The number of rotatable bonds is 2. The summed E-state index contributed by atoms with van der Waals surface area (Å²) in [5, 5.41) is 0. The number of morpholine rings is 1. The van der Waals surface area contributed by atoms with Gasteiger partial charge in [-0.2, -0.15) is 0 Å². The van der Waals surface area contributed by atoms with Crippen molar-refractivity contribution in [1.82, 2.24) is 4.90 Å². The van der Waals surface area contributed by atoms with Crippen LogP contribution in [0.15, 0.2) is 21.4 Å². The molecule has 1 saturated heterocycles. The number of nitrogens with zero attached hydrogens (tertiary/aromatic N) is 1. The lowest BCUT2D eigenvalue weighted by Gasteiger charge is -2.38. The maximum atomic E-state index is 12.4. The summed E-state index contributed by atoms with van der Waals surface area (Å²) in [7, 11) is 0. The van der Waals surface area contributed by atoms with E-state index in [1.807, 2.05) is 11.8 Å². The van der Waals surface area contributed by atoms with Crippen molar-refractivity contribution < 1.29 is 13.9 Å². The maximum Gasteiger partial charge on any atom is 0.258 e. The molecule has 0 aromatic carbocycles. The highest BCUT2D eigenvalue weighted by Crippen LogP contribution is 2.23. The molecule has 94 valence electrons. The van der Waals surface area contributed by atoms with Gasteiger partial charge in [-0.25, -0.2) is 0 Å². The van der Waals surface area contributed by atoms with Crippen molar-refractivity contribution >= 4 is 21.8 Å². The number of ether oxygens (including phenoxy) is 1. The molecule has 2 unspecified atom stereocenters. The zero-order valence-corrected chi connectivity index (χ0v) is 11.6. The van der Waals surface area contributed by atoms with Gasteiger partial charge < -0.3 is 14.1 Å². The van der Waals surface area contributed by atoms with Gasteiger partial charge in [-0.3, -0.25) is 4.79 Å². The van der Waals surface area contributed by atoms with Crippen LogP contribution in [-0.2, 0) is 4.74 Å². The van der Waals surface area contributed by atoms with Gasteiger partial charge >= 0.3 is 0 Å². The number of amides is 1. The van der Waals surface area contributed by atoms with Crippen molar-refractivity contribution in [2.24, 2.45) is 0 Å². The SMILES string of the molecule is CCC1COC(C)CN1C(=O)c1ccoc1Br. The summed E-state index contributed by atoms with van der Waals surface area (Å²) in [4.78, 5) is 14.3. The second kappa shape index (κ2) is 5.23. The third-order valence-electron chi connectivity index (χ3n) is 3.05. The minimum atomic E-state index is 0.00706. The summed E-state index contributed by atoms with van der Waals surface area (Å²) in [6, 6.07) is 1.85. The Labute approximate surface area is 109 Å². The van der Waals surface area contributed by atoms with Crippen LogP contribution in [0.2, 0.25) is 0 Å². The van der Waals surface area contributed by atoms with E-state index in [2.05, 4.69) is 22.9 Å². The Balaban J connectivity index is 2.19. The van der Waals surface area contributed by atoms with E-state index in [9.17, 15) is 4.79 Å². The van der Waals surface area contributed by atoms with E-state index < -0.39 is 0 Å². The molecule has 4 nitrogen and oxygen atoms in total. The van der Waals surface area contributed by atoms with Crippen LogP contribution < -0.4 is 0 Å². The Morgan fingerprint density at radius 2 is 2.41 bits per heavy atom. The van der Waals surface area contributed by atoms with Crippen LogP contribution in [0.1, 0.15) is 30.6 Å². The highest BCUT2D eigenvalue weighted by molar-refractivity contribution is 9.10. The summed E-state index contributed by atoms with van der Waals surface area (Å²) in [6.07, 6.45) is 2.50. The van der Waals surface area contributed by atoms with Crippen molar-refractivity contribution in [1.29, 1.82) is 0 Å². The molecule has 1 fully saturated rings. The van der Waals surface area contributed by atoms with Gasteiger partial charge in [0.2, 0.25) is 0 Å².